The lowest BCUT2D eigenvalue weighted by Crippen LogP contribution is -2.07. The molecule has 0 aliphatic carbocycles. The molecule has 0 fully saturated rings. The normalized spacial score (nSPS) is 10.5. The molecule has 0 aliphatic rings. The van der Waals surface area contributed by atoms with Crippen LogP contribution in [0.5, 0.6) is 0 Å². The van der Waals surface area contributed by atoms with E-state index in [1.165, 1.54) is 36.2 Å². The number of carbonyl (C=O) groups is 1. The van der Waals surface area contributed by atoms with Gasteiger partial charge in [0.2, 0.25) is 0 Å². The Balaban J connectivity index is 2.17. The molecule has 0 amide bonds. The van der Waals surface area contributed by atoms with Crippen LogP contribution in [0.3, 0.4) is 0 Å². The summed E-state index contributed by atoms with van der Waals surface area (Å²) in [5, 5.41) is 3.20. The molecule has 0 saturated carbocycles. The minimum Gasteiger partial charge on any atom is -0.465 e. The summed E-state index contributed by atoms with van der Waals surface area (Å²) in [6.45, 7) is 4.71. The van der Waals surface area contributed by atoms with Crippen LogP contribution in [0, 0.1) is 19.7 Å². The number of anilines is 1. The number of methoxy groups -OCH3 is 1. The van der Waals surface area contributed by atoms with Gasteiger partial charge < -0.3 is 14.6 Å². The van der Waals surface area contributed by atoms with E-state index in [4.69, 9.17) is 0 Å². The maximum Gasteiger partial charge on any atom is 0.340 e. The highest BCUT2D eigenvalue weighted by Gasteiger charge is 2.13. The highest BCUT2D eigenvalue weighted by molar-refractivity contribution is 5.90. The van der Waals surface area contributed by atoms with Crippen LogP contribution >= 0.6 is 0 Å². The summed E-state index contributed by atoms with van der Waals surface area (Å²) >= 11 is 0. The number of carbonyl (C=O) groups excluding carboxylic acids is 1. The molecule has 112 valence electrons. The van der Waals surface area contributed by atoms with Crippen LogP contribution in [0.25, 0.3) is 0 Å². The molecule has 0 aliphatic heterocycles. The molecule has 1 heterocycles. The number of nitrogens with one attached hydrogen (secondary N) is 1. The van der Waals surface area contributed by atoms with Crippen molar-refractivity contribution in [1.82, 2.24) is 4.57 Å². The third-order valence-electron chi connectivity index (χ3n) is 3.73. The number of esters is 1. The van der Waals surface area contributed by atoms with Crippen LogP contribution in [-0.2, 0) is 18.3 Å². The maximum atomic E-state index is 13.6. The number of rotatable bonds is 4. The zero-order valence-corrected chi connectivity index (χ0v) is 12.7. The molecular weight excluding hydrogens is 271 g/mol. The lowest BCUT2D eigenvalue weighted by molar-refractivity contribution is 0.0595. The Kier molecular flexibility index (Phi) is 4.31. The predicted molar refractivity (Wildman–Crippen MR) is 80.0 cm³/mol. The van der Waals surface area contributed by atoms with E-state index in [1.807, 2.05) is 14.0 Å². The van der Waals surface area contributed by atoms with Gasteiger partial charge in [-0.1, -0.05) is 0 Å². The van der Waals surface area contributed by atoms with E-state index in [9.17, 15) is 9.18 Å². The van der Waals surface area contributed by atoms with Gasteiger partial charge in [0.1, 0.15) is 5.82 Å². The van der Waals surface area contributed by atoms with Gasteiger partial charge in [-0.2, -0.15) is 0 Å². The summed E-state index contributed by atoms with van der Waals surface area (Å²) in [5.74, 6) is -1.26. The molecule has 0 atom stereocenters. The number of ether oxygens (including phenoxy) is 1. The summed E-state index contributed by atoms with van der Waals surface area (Å²) in [7, 11) is 3.25. The van der Waals surface area contributed by atoms with Crippen LogP contribution in [0.4, 0.5) is 10.1 Å². The molecule has 2 rings (SSSR count). The molecule has 21 heavy (non-hydrogen) atoms. The van der Waals surface area contributed by atoms with Crippen molar-refractivity contribution in [3.05, 3.63) is 52.6 Å². The minimum atomic E-state index is -0.678. The van der Waals surface area contributed by atoms with Crippen molar-refractivity contribution in [1.29, 1.82) is 0 Å². The Morgan fingerprint density at radius 1 is 1.33 bits per heavy atom. The van der Waals surface area contributed by atoms with Crippen LogP contribution in [0.15, 0.2) is 24.3 Å². The quantitative estimate of drug-likeness (QED) is 0.879. The van der Waals surface area contributed by atoms with Gasteiger partial charge in [0.05, 0.1) is 12.7 Å². The van der Waals surface area contributed by atoms with Gasteiger partial charge in [-0.05, 0) is 43.7 Å². The molecule has 1 N–H and O–H groups in total. The summed E-state index contributed by atoms with van der Waals surface area (Å²) in [4.78, 5) is 11.5. The highest BCUT2D eigenvalue weighted by Crippen LogP contribution is 2.18. The number of benzene rings is 1. The van der Waals surface area contributed by atoms with Crippen molar-refractivity contribution in [3.63, 3.8) is 0 Å². The van der Waals surface area contributed by atoms with Crippen LogP contribution in [-0.4, -0.2) is 17.6 Å². The average Bonchev–Trinajstić information content (AvgIpc) is 2.73. The van der Waals surface area contributed by atoms with Gasteiger partial charge >= 0.3 is 5.97 Å². The Morgan fingerprint density at radius 3 is 2.62 bits per heavy atom. The van der Waals surface area contributed by atoms with E-state index in [0.29, 0.717) is 12.2 Å². The van der Waals surface area contributed by atoms with Crippen molar-refractivity contribution < 1.29 is 13.9 Å². The fraction of sp³-hybridized carbons (Fsp3) is 0.312. The van der Waals surface area contributed by atoms with Crippen molar-refractivity contribution in [2.24, 2.45) is 7.05 Å². The Hall–Kier alpha value is -2.30. The first-order chi connectivity index (χ1) is 9.93. The molecule has 1 aromatic heterocycles. The van der Waals surface area contributed by atoms with Crippen LogP contribution in [0.1, 0.15) is 27.3 Å². The summed E-state index contributed by atoms with van der Waals surface area (Å²) in [6, 6.07) is 6.43. The number of halogens is 1. The number of aryl methyl sites for hydroxylation is 1. The summed E-state index contributed by atoms with van der Waals surface area (Å²) < 4.78 is 20.2. The first-order valence-electron chi connectivity index (χ1n) is 6.67. The molecule has 0 spiro atoms. The third kappa shape index (κ3) is 3.07. The molecule has 1 aromatic carbocycles. The number of hydrogen-bond acceptors (Lipinski definition) is 3. The van der Waals surface area contributed by atoms with Gasteiger partial charge in [0, 0.05) is 30.7 Å². The maximum absolute atomic E-state index is 13.6. The average molecular weight is 290 g/mol. The van der Waals surface area contributed by atoms with Crippen molar-refractivity contribution >= 4 is 11.7 Å². The van der Waals surface area contributed by atoms with E-state index in [1.54, 1.807) is 6.07 Å². The van der Waals surface area contributed by atoms with Crippen molar-refractivity contribution in [2.45, 2.75) is 20.4 Å². The van der Waals surface area contributed by atoms with E-state index < -0.39 is 11.8 Å². The molecule has 2 aromatic rings. The number of nitrogens with zero attached hydrogens (tertiary/aromatic N) is 1. The lowest BCUT2D eigenvalue weighted by atomic mass is 10.1. The minimum absolute atomic E-state index is 0.0662. The molecule has 0 unspecified atom stereocenters. The van der Waals surface area contributed by atoms with Crippen molar-refractivity contribution in [2.75, 3.05) is 12.4 Å². The Bertz CT molecular complexity index is 677. The number of aromatic nitrogens is 1. The summed E-state index contributed by atoms with van der Waals surface area (Å²) in [6.07, 6.45) is 0. The summed E-state index contributed by atoms with van der Waals surface area (Å²) in [5.41, 5.74) is 4.13. The fourth-order valence-corrected chi connectivity index (χ4v) is 2.21. The zero-order valence-electron chi connectivity index (χ0n) is 12.7. The van der Waals surface area contributed by atoms with Gasteiger partial charge in [-0.15, -0.1) is 0 Å². The van der Waals surface area contributed by atoms with Crippen LogP contribution in [0.2, 0.25) is 0 Å². The Morgan fingerprint density at radius 2 is 2.05 bits per heavy atom. The smallest absolute Gasteiger partial charge is 0.340 e. The predicted octanol–water partition coefficient (Wildman–Crippen LogP) is 3.18. The highest BCUT2D eigenvalue weighted by atomic mass is 19.1. The standard InChI is InChI=1S/C16H19FN2O2/c1-10-7-12(11(2)19(10)3)9-18-13-5-6-15(17)14(8-13)16(20)21-4/h5-8,18H,9H2,1-4H3. The number of hydrogen-bond donors (Lipinski definition) is 1. The second-order valence-corrected chi connectivity index (χ2v) is 5.00. The zero-order chi connectivity index (χ0) is 15.6. The molecule has 0 radical (unpaired) electrons. The molecular formula is C16H19FN2O2. The first-order valence-corrected chi connectivity index (χ1v) is 6.67. The third-order valence-corrected chi connectivity index (χ3v) is 3.73. The van der Waals surface area contributed by atoms with Gasteiger partial charge in [-0.25, -0.2) is 9.18 Å². The second kappa shape index (κ2) is 5.99. The van der Waals surface area contributed by atoms with Gasteiger partial charge in [0.15, 0.2) is 0 Å². The van der Waals surface area contributed by atoms with E-state index in [0.717, 1.165) is 0 Å². The van der Waals surface area contributed by atoms with E-state index >= 15 is 0 Å². The fourth-order valence-electron chi connectivity index (χ4n) is 2.21. The Labute approximate surface area is 123 Å². The lowest BCUT2D eigenvalue weighted by Gasteiger charge is -2.09. The van der Waals surface area contributed by atoms with E-state index in [-0.39, 0.29) is 5.56 Å². The van der Waals surface area contributed by atoms with Gasteiger partial charge in [-0.3, -0.25) is 0 Å². The molecule has 0 bridgehead atoms. The molecule has 0 saturated heterocycles. The van der Waals surface area contributed by atoms with Crippen molar-refractivity contribution in [3.8, 4) is 0 Å². The van der Waals surface area contributed by atoms with E-state index in [2.05, 4.69) is 27.6 Å². The second-order valence-electron chi connectivity index (χ2n) is 5.00. The molecule has 5 heteroatoms. The largest absolute Gasteiger partial charge is 0.465 e. The SMILES string of the molecule is COC(=O)c1cc(NCc2cc(C)n(C)c2C)ccc1F. The molecule has 4 nitrogen and oxygen atoms in total. The monoisotopic (exact) mass is 290 g/mol. The first kappa shape index (κ1) is 15.1. The van der Waals surface area contributed by atoms with Gasteiger partial charge in [0.25, 0.3) is 0 Å². The van der Waals surface area contributed by atoms with Crippen LogP contribution < -0.4 is 5.32 Å². The topological polar surface area (TPSA) is 43.3 Å².